The molecule has 0 aromatic carbocycles. The van der Waals surface area contributed by atoms with Gasteiger partial charge in [0.05, 0.1) is 6.61 Å². The quantitative estimate of drug-likeness (QED) is 0.477. The van der Waals surface area contributed by atoms with Gasteiger partial charge in [-0.15, -0.1) is 0 Å². The average molecular weight is 162 g/mol. The summed E-state index contributed by atoms with van der Waals surface area (Å²) in [4.78, 5) is 13.0. The number of aliphatic hydroxyl groups excluding tert-OH is 1. The van der Waals surface area contributed by atoms with Gasteiger partial charge in [0, 0.05) is 0 Å². The molecule has 0 bridgehead atoms. The van der Waals surface area contributed by atoms with Gasteiger partial charge in [-0.05, 0) is 0 Å². The minimum absolute atomic E-state index is 0.342. The van der Waals surface area contributed by atoms with E-state index in [0.717, 1.165) is 0 Å². The lowest BCUT2D eigenvalue weighted by Gasteiger charge is -2.12. The fourth-order valence-electron chi connectivity index (χ4n) is 0.534. The molecule has 4 nitrogen and oxygen atoms in total. The van der Waals surface area contributed by atoms with Crippen molar-refractivity contribution in [3.63, 3.8) is 0 Å². The Morgan fingerprint density at radius 1 is 1.70 bits per heavy atom. The Morgan fingerprint density at radius 2 is 2.20 bits per heavy atom. The lowest BCUT2D eigenvalue weighted by Crippen LogP contribution is -2.45. The van der Waals surface area contributed by atoms with Gasteiger partial charge in [0.15, 0.2) is 0 Å². The summed E-state index contributed by atoms with van der Waals surface area (Å²) in [5.74, 6) is -0.992. The van der Waals surface area contributed by atoms with Gasteiger partial charge in [-0.2, -0.15) is 0 Å². The second kappa shape index (κ2) is 4.43. The topological polar surface area (TPSA) is 69.6 Å². The SMILES string of the molecule is C[Si](C)NC(CO)C(=O)O. The molecule has 0 fully saturated rings. The van der Waals surface area contributed by atoms with E-state index in [9.17, 15) is 4.79 Å². The molecule has 0 aliphatic carbocycles. The van der Waals surface area contributed by atoms with Crippen molar-refractivity contribution in [3.8, 4) is 0 Å². The molecule has 1 atom stereocenters. The lowest BCUT2D eigenvalue weighted by molar-refractivity contribution is -0.139. The number of carbonyl (C=O) groups is 1. The molecule has 3 N–H and O–H groups in total. The number of rotatable bonds is 4. The summed E-state index contributed by atoms with van der Waals surface area (Å²) in [6.07, 6.45) is 0. The Hall–Kier alpha value is -0.393. The standard InChI is InChI=1S/C5H12NO3Si/c1-10(2)6-4(3-7)5(8)9/h4,6-7H,3H2,1-2H3,(H,8,9). The smallest absolute Gasteiger partial charge is 0.322 e. The van der Waals surface area contributed by atoms with E-state index in [-0.39, 0.29) is 6.61 Å². The summed E-state index contributed by atoms with van der Waals surface area (Å²) in [6, 6.07) is -0.788. The summed E-state index contributed by atoms with van der Waals surface area (Å²) in [7, 11) is -0.781. The van der Waals surface area contributed by atoms with E-state index in [0.29, 0.717) is 0 Å². The second-order valence-electron chi connectivity index (χ2n) is 2.22. The zero-order valence-electron chi connectivity index (χ0n) is 6.09. The number of nitrogens with one attached hydrogen (secondary N) is 1. The van der Waals surface area contributed by atoms with Crippen LogP contribution in [0.25, 0.3) is 0 Å². The molecule has 0 rings (SSSR count). The van der Waals surface area contributed by atoms with Crippen molar-refractivity contribution in [1.29, 1.82) is 0 Å². The zero-order chi connectivity index (χ0) is 8.15. The monoisotopic (exact) mass is 162 g/mol. The molecule has 5 heteroatoms. The molecule has 0 aromatic rings. The third kappa shape index (κ3) is 3.60. The summed E-state index contributed by atoms with van der Waals surface area (Å²) in [5.41, 5.74) is 0. The molecule has 1 radical (unpaired) electrons. The summed E-state index contributed by atoms with van der Waals surface area (Å²) >= 11 is 0. The molecular formula is C5H12NO3Si. The van der Waals surface area contributed by atoms with Crippen LogP contribution < -0.4 is 4.98 Å². The normalized spacial score (nSPS) is 13.6. The van der Waals surface area contributed by atoms with Crippen LogP contribution in [0, 0.1) is 0 Å². The molecular weight excluding hydrogens is 150 g/mol. The van der Waals surface area contributed by atoms with Crippen molar-refractivity contribution in [2.45, 2.75) is 19.1 Å². The van der Waals surface area contributed by atoms with Crippen LogP contribution in [-0.2, 0) is 4.79 Å². The maximum Gasteiger partial charge on any atom is 0.322 e. The number of aliphatic carboxylic acids is 1. The fourth-order valence-corrected chi connectivity index (χ4v) is 1.45. The molecule has 0 aliphatic heterocycles. The number of carboxylic acids is 1. The maximum absolute atomic E-state index is 10.3. The first-order valence-corrected chi connectivity index (χ1v) is 5.48. The Balaban J connectivity index is 3.72. The van der Waals surface area contributed by atoms with Crippen LogP contribution in [0.3, 0.4) is 0 Å². The first-order valence-electron chi connectivity index (χ1n) is 2.98. The van der Waals surface area contributed by atoms with Gasteiger partial charge >= 0.3 is 5.97 Å². The molecule has 0 saturated heterocycles. The van der Waals surface area contributed by atoms with Crippen molar-refractivity contribution in [1.82, 2.24) is 4.98 Å². The molecule has 1 unspecified atom stereocenters. The van der Waals surface area contributed by atoms with Crippen LogP contribution in [-0.4, -0.2) is 37.8 Å². The van der Waals surface area contributed by atoms with E-state index in [1.54, 1.807) is 0 Å². The number of hydrogen-bond donors (Lipinski definition) is 3. The Kier molecular flexibility index (Phi) is 4.25. The van der Waals surface area contributed by atoms with Gasteiger partial charge in [-0.3, -0.25) is 4.79 Å². The predicted molar refractivity (Wildman–Crippen MR) is 39.1 cm³/mol. The van der Waals surface area contributed by atoms with Gasteiger partial charge < -0.3 is 15.2 Å². The minimum Gasteiger partial charge on any atom is -0.480 e. The molecule has 0 spiro atoms. The molecule has 10 heavy (non-hydrogen) atoms. The van der Waals surface area contributed by atoms with Crippen LogP contribution in [0.15, 0.2) is 0 Å². The Morgan fingerprint density at radius 3 is 2.30 bits per heavy atom. The first kappa shape index (κ1) is 9.61. The van der Waals surface area contributed by atoms with E-state index in [4.69, 9.17) is 10.2 Å². The lowest BCUT2D eigenvalue weighted by atomic mass is 10.3. The van der Waals surface area contributed by atoms with Crippen LogP contribution in [0.2, 0.25) is 13.1 Å². The first-order chi connectivity index (χ1) is 4.57. The number of carboxylic acid groups (broad SMARTS) is 1. The molecule has 0 amide bonds. The molecule has 59 valence electrons. The Bertz CT molecular complexity index is 117. The third-order valence-corrected chi connectivity index (χ3v) is 1.87. The number of hydrogen-bond acceptors (Lipinski definition) is 3. The van der Waals surface area contributed by atoms with Crippen LogP contribution >= 0.6 is 0 Å². The van der Waals surface area contributed by atoms with Crippen molar-refractivity contribution in [3.05, 3.63) is 0 Å². The van der Waals surface area contributed by atoms with Crippen molar-refractivity contribution >= 4 is 14.9 Å². The van der Waals surface area contributed by atoms with Gasteiger partial charge in [0.1, 0.15) is 15.0 Å². The highest BCUT2D eigenvalue weighted by molar-refractivity contribution is 6.53. The summed E-state index contributed by atoms with van der Waals surface area (Å²) in [6.45, 7) is 3.51. The van der Waals surface area contributed by atoms with Crippen LogP contribution in [0.5, 0.6) is 0 Å². The summed E-state index contributed by atoms with van der Waals surface area (Å²) in [5, 5.41) is 16.9. The Labute approximate surface area is 61.6 Å². The van der Waals surface area contributed by atoms with E-state index in [1.807, 2.05) is 13.1 Å². The zero-order valence-corrected chi connectivity index (χ0v) is 7.09. The highest BCUT2D eigenvalue weighted by Crippen LogP contribution is 1.83. The van der Waals surface area contributed by atoms with Crippen LogP contribution in [0.1, 0.15) is 0 Å². The maximum atomic E-state index is 10.3. The van der Waals surface area contributed by atoms with Gasteiger partial charge in [-0.1, -0.05) is 13.1 Å². The fraction of sp³-hybridized carbons (Fsp3) is 0.800. The highest BCUT2D eigenvalue weighted by Gasteiger charge is 2.16. The molecule has 0 aliphatic rings. The van der Waals surface area contributed by atoms with Crippen molar-refractivity contribution < 1.29 is 15.0 Å². The summed E-state index contributed by atoms with van der Waals surface area (Å²) < 4.78 is 0. The molecule has 0 saturated carbocycles. The van der Waals surface area contributed by atoms with Gasteiger partial charge in [0.2, 0.25) is 0 Å². The van der Waals surface area contributed by atoms with E-state index < -0.39 is 21.0 Å². The minimum atomic E-state index is -0.992. The third-order valence-electron chi connectivity index (χ3n) is 0.944. The largest absolute Gasteiger partial charge is 0.480 e. The highest BCUT2D eigenvalue weighted by atomic mass is 28.3. The van der Waals surface area contributed by atoms with Gasteiger partial charge in [0.25, 0.3) is 0 Å². The van der Waals surface area contributed by atoms with E-state index in [1.165, 1.54) is 0 Å². The van der Waals surface area contributed by atoms with Gasteiger partial charge in [-0.25, -0.2) is 0 Å². The van der Waals surface area contributed by atoms with E-state index in [2.05, 4.69) is 4.98 Å². The number of aliphatic hydroxyl groups is 1. The predicted octanol–water partition coefficient (Wildman–Crippen LogP) is -0.727. The van der Waals surface area contributed by atoms with Crippen molar-refractivity contribution in [2.75, 3.05) is 6.61 Å². The van der Waals surface area contributed by atoms with E-state index >= 15 is 0 Å². The van der Waals surface area contributed by atoms with Crippen molar-refractivity contribution in [2.24, 2.45) is 0 Å². The molecule has 0 heterocycles. The molecule has 0 aromatic heterocycles. The average Bonchev–Trinajstić information content (AvgIpc) is 1.81. The van der Waals surface area contributed by atoms with Crippen LogP contribution in [0.4, 0.5) is 0 Å². The second-order valence-corrected chi connectivity index (χ2v) is 4.51.